The molecule has 6 heteroatoms. The second-order valence-electron chi connectivity index (χ2n) is 1.91. The van der Waals surface area contributed by atoms with E-state index in [1.165, 1.54) is 14.2 Å². The predicted octanol–water partition coefficient (Wildman–Crippen LogP) is -0.216. The van der Waals surface area contributed by atoms with Crippen molar-refractivity contribution in [2.24, 2.45) is 0 Å². The molecule has 0 aromatic heterocycles. The lowest BCUT2D eigenvalue weighted by Gasteiger charge is -1.97. The highest BCUT2D eigenvalue weighted by Gasteiger charge is 2.05. The maximum atomic E-state index is 10.5. The van der Waals surface area contributed by atoms with Crippen molar-refractivity contribution >= 4 is 35.0 Å². The van der Waals surface area contributed by atoms with Gasteiger partial charge in [-0.05, 0) is 0 Å². The Bertz CT molecular complexity index is 211. The molecule has 0 bridgehead atoms. The van der Waals surface area contributed by atoms with Crippen molar-refractivity contribution in [3.8, 4) is 0 Å². The first-order chi connectivity index (χ1) is 5.60. The molecule has 70 valence electrons. The molecule has 0 fully saturated rings. The number of esters is 2. The summed E-state index contributed by atoms with van der Waals surface area (Å²) in [6, 6.07) is 0. The van der Waals surface area contributed by atoms with Crippen molar-refractivity contribution < 1.29 is 24.2 Å². The van der Waals surface area contributed by atoms with Gasteiger partial charge in [0, 0.05) is 23.1 Å². The third kappa shape index (κ3) is 7.60. The fourth-order valence-corrected chi connectivity index (χ4v) is 0.466. The molecule has 0 saturated heterocycles. The summed E-state index contributed by atoms with van der Waals surface area (Å²) in [6.45, 7) is 0. The fourth-order valence-electron chi connectivity index (χ4n) is 0.466. The first-order valence-electron chi connectivity index (χ1n) is 3.14. The Balaban J connectivity index is 0. The highest BCUT2D eigenvalue weighted by atomic mass is 24.3. The van der Waals surface area contributed by atoms with Crippen LogP contribution in [-0.4, -0.2) is 54.3 Å². The van der Waals surface area contributed by atoms with Crippen LogP contribution in [0.2, 0.25) is 0 Å². The van der Waals surface area contributed by atoms with E-state index in [1.807, 2.05) is 0 Å². The van der Waals surface area contributed by atoms with Gasteiger partial charge in [-0.1, -0.05) is 0 Å². The SMILES string of the molecule is COC(=O)C=C(O)CC(=O)OC.[Mg]. The van der Waals surface area contributed by atoms with Gasteiger partial charge in [-0.15, -0.1) is 0 Å². The van der Waals surface area contributed by atoms with Crippen LogP contribution in [-0.2, 0) is 19.1 Å². The van der Waals surface area contributed by atoms with Crippen molar-refractivity contribution in [1.29, 1.82) is 0 Å². The van der Waals surface area contributed by atoms with Gasteiger partial charge in [0.25, 0.3) is 0 Å². The maximum Gasteiger partial charge on any atom is 0.333 e. The van der Waals surface area contributed by atoms with E-state index >= 15 is 0 Å². The Morgan fingerprint density at radius 1 is 1.31 bits per heavy atom. The molecular formula is C7H10MgO5. The van der Waals surface area contributed by atoms with Crippen LogP contribution in [0.3, 0.4) is 0 Å². The zero-order chi connectivity index (χ0) is 9.56. The van der Waals surface area contributed by atoms with E-state index in [0.29, 0.717) is 0 Å². The molecule has 0 aromatic rings. The monoisotopic (exact) mass is 198 g/mol. The Hall–Kier alpha value is -0.754. The molecule has 0 amide bonds. The number of ether oxygens (including phenoxy) is 2. The molecular weight excluding hydrogens is 188 g/mol. The van der Waals surface area contributed by atoms with Gasteiger partial charge in [0.2, 0.25) is 0 Å². The van der Waals surface area contributed by atoms with Crippen LogP contribution in [0, 0.1) is 0 Å². The molecule has 2 radical (unpaired) electrons. The minimum absolute atomic E-state index is 0. The third-order valence-electron chi connectivity index (χ3n) is 1.04. The van der Waals surface area contributed by atoms with Crippen LogP contribution in [0.4, 0.5) is 0 Å². The minimum Gasteiger partial charge on any atom is -0.511 e. The van der Waals surface area contributed by atoms with E-state index < -0.39 is 11.9 Å². The van der Waals surface area contributed by atoms with Crippen molar-refractivity contribution in [3.63, 3.8) is 0 Å². The van der Waals surface area contributed by atoms with Crippen LogP contribution < -0.4 is 0 Å². The largest absolute Gasteiger partial charge is 0.511 e. The van der Waals surface area contributed by atoms with Crippen LogP contribution in [0.25, 0.3) is 0 Å². The van der Waals surface area contributed by atoms with Crippen molar-refractivity contribution in [3.05, 3.63) is 11.8 Å². The molecule has 0 aromatic carbocycles. The number of carbonyl (C=O) groups excluding carboxylic acids is 2. The standard InChI is InChI=1S/C7H10O5.Mg/c1-11-6(9)3-5(8)4-7(10)12-2;/h3,8H,4H2,1-2H3;. The van der Waals surface area contributed by atoms with E-state index in [1.54, 1.807) is 0 Å². The summed E-state index contributed by atoms with van der Waals surface area (Å²) in [5.74, 6) is -1.71. The molecule has 0 aliphatic carbocycles. The van der Waals surface area contributed by atoms with Crippen molar-refractivity contribution in [2.75, 3.05) is 14.2 Å². The fraction of sp³-hybridized carbons (Fsp3) is 0.429. The second-order valence-corrected chi connectivity index (χ2v) is 1.91. The Labute approximate surface area is 91.9 Å². The van der Waals surface area contributed by atoms with Crippen LogP contribution in [0.1, 0.15) is 6.42 Å². The predicted molar refractivity (Wildman–Crippen MR) is 45.1 cm³/mol. The first-order valence-corrected chi connectivity index (χ1v) is 3.14. The second kappa shape index (κ2) is 7.87. The average Bonchev–Trinajstić information content (AvgIpc) is 2.03. The van der Waals surface area contributed by atoms with Crippen LogP contribution in [0.5, 0.6) is 0 Å². The van der Waals surface area contributed by atoms with E-state index in [4.69, 9.17) is 5.11 Å². The lowest BCUT2D eigenvalue weighted by Crippen LogP contribution is -2.04. The van der Waals surface area contributed by atoms with Gasteiger partial charge >= 0.3 is 11.9 Å². The first kappa shape index (κ1) is 14.8. The van der Waals surface area contributed by atoms with Gasteiger partial charge in [0.05, 0.1) is 20.3 Å². The Kier molecular flexibility index (Phi) is 8.93. The summed E-state index contributed by atoms with van der Waals surface area (Å²) in [6.07, 6.45) is 0.489. The molecule has 0 atom stereocenters. The van der Waals surface area contributed by atoms with Gasteiger partial charge in [-0.25, -0.2) is 4.79 Å². The number of rotatable bonds is 3. The third-order valence-corrected chi connectivity index (χ3v) is 1.04. The average molecular weight is 198 g/mol. The molecule has 0 saturated carbocycles. The van der Waals surface area contributed by atoms with Crippen molar-refractivity contribution in [1.82, 2.24) is 0 Å². The van der Waals surface area contributed by atoms with E-state index in [2.05, 4.69) is 9.47 Å². The summed E-state index contributed by atoms with van der Waals surface area (Å²) in [5, 5.41) is 8.91. The van der Waals surface area contributed by atoms with E-state index in [0.717, 1.165) is 6.08 Å². The zero-order valence-electron chi connectivity index (χ0n) is 7.57. The Morgan fingerprint density at radius 2 is 1.85 bits per heavy atom. The number of aliphatic hydroxyl groups is 1. The normalized spacial score (nSPS) is 9.85. The summed E-state index contributed by atoms with van der Waals surface area (Å²) >= 11 is 0. The van der Waals surface area contributed by atoms with E-state index in [9.17, 15) is 9.59 Å². The molecule has 1 N–H and O–H groups in total. The highest BCUT2D eigenvalue weighted by Crippen LogP contribution is 1.97. The quantitative estimate of drug-likeness (QED) is 0.294. The summed E-state index contributed by atoms with van der Waals surface area (Å²) in [7, 11) is 2.36. The lowest BCUT2D eigenvalue weighted by atomic mass is 10.3. The zero-order valence-corrected chi connectivity index (χ0v) is 8.99. The Morgan fingerprint density at radius 3 is 2.23 bits per heavy atom. The summed E-state index contributed by atoms with van der Waals surface area (Å²) in [4.78, 5) is 21.0. The molecule has 0 unspecified atom stereocenters. The smallest absolute Gasteiger partial charge is 0.333 e. The lowest BCUT2D eigenvalue weighted by molar-refractivity contribution is -0.140. The van der Waals surface area contributed by atoms with Crippen molar-refractivity contribution in [2.45, 2.75) is 6.42 Å². The molecule has 0 aliphatic heterocycles. The number of aliphatic hydroxyl groups excluding tert-OH is 1. The molecule has 0 aliphatic rings. The number of carbonyl (C=O) groups is 2. The van der Waals surface area contributed by atoms with Gasteiger partial charge in [-0.3, -0.25) is 4.79 Å². The summed E-state index contributed by atoms with van der Waals surface area (Å²) < 4.78 is 8.45. The van der Waals surface area contributed by atoms with Gasteiger partial charge in [0.15, 0.2) is 0 Å². The summed E-state index contributed by atoms with van der Waals surface area (Å²) in [5.41, 5.74) is 0. The molecule has 0 spiro atoms. The maximum absolute atomic E-state index is 10.5. The molecule has 13 heavy (non-hydrogen) atoms. The van der Waals surface area contributed by atoms with Gasteiger partial charge < -0.3 is 14.6 Å². The van der Waals surface area contributed by atoms with Crippen LogP contribution >= 0.6 is 0 Å². The topological polar surface area (TPSA) is 72.8 Å². The molecule has 5 nitrogen and oxygen atoms in total. The van der Waals surface area contributed by atoms with Gasteiger partial charge in [0.1, 0.15) is 12.2 Å². The number of hydrogen-bond acceptors (Lipinski definition) is 5. The van der Waals surface area contributed by atoms with Gasteiger partial charge in [-0.2, -0.15) is 0 Å². The minimum atomic E-state index is -0.712. The van der Waals surface area contributed by atoms with Crippen LogP contribution in [0.15, 0.2) is 11.8 Å². The molecule has 0 rings (SSSR count). The number of hydrogen-bond donors (Lipinski definition) is 1. The highest BCUT2D eigenvalue weighted by molar-refractivity contribution is 5.83. The van der Waals surface area contributed by atoms with E-state index in [-0.39, 0.29) is 35.2 Å². The molecule has 0 heterocycles. The number of methoxy groups -OCH3 is 2.